The third kappa shape index (κ3) is 3.19. The molecule has 0 aliphatic carbocycles. The molecule has 0 saturated carbocycles. The topological polar surface area (TPSA) is 57.4 Å². The number of hydrogen-bond acceptors (Lipinski definition) is 3. The number of hydrogen-bond donors (Lipinski definition) is 2. The molecule has 112 valence electrons. The first kappa shape index (κ1) is 5.65. The van der Waals surface area contributed by atoms with Gasteiger partial charge in [0.25, 0.3) is 0 Å². The number of nitrogens with zero attached hydrogens (tertiary/aromatic N) is 1. The Morgan fingerprint density at radius 2 is 2.48 bits per heavy atom. The van der Waals surface area contributed by atoms with Crippen molar-refractivity contribution in [3.63, 3.8) is 0 Å². The molecule has 2 aromatic rings. The van der Waals surface area contributed by atoms with Gasteiger partial charge in [-0.1, -0.05) is 6.04 Å². The highest BCUT2D eigenvalue weighted by molar-refractivity contribution is 5.84. The Morgan fingerprint density at radius 3 is 3.24 bits per heavy atom. The Labute approximate surface area is 141 Å². The van der Waals surface area contributed by atoms with E-state index in [4.69, 9.17) is 21.2 Å². The van der Waals surface area contributed by atoms with E-state index in [0.717, 1.165) is 0 Å². The summed E-state index contributed by atoms with van der Waals surface area (Å²) < 4.78 is 99.8. The number of alkyl carbamates (subject to hydrolysis) is 1. The summed E-state index contributed by atoms with van der Waals surface area (Å²) in [5, 5.41) is 2.18. The molecule has 1 aliphatic heterocycles. The molecule has 3 rings (SSSR count). The maximum Gasteiger partial charge on any atom is 0.407 e. The first-order valence-electron chi connectivity index (χ1n) is 12.3. The Morgan fingerprint density at radius 1 is 1.57 bits per heavy atom. The van der Waals surface area contributed by atoms with Gasteiger partial charge in [0.15, 0.2) is 0 Å². The zero-order chi connectivity index (χ0) is 25.1. The fourth-order valence-corrected chi connectivity index (χ4v) is 2.05. The van der Waals surface area contributed by atoms with E-state index >= 15 is 0 Å². The van der Waals surface area contributed by atoms with E-state index in [1.165, 1.54) is 0 Å². The van der Waals surface area contributed by atoms with E-state index in [1.54, 1.807) is 0 Å². The van der Waals surface area contributed by atoms with Crippen LogP contribution in [0.5, 0.6) is 0 Å². The fourth-order valence-electron chi connectivity index (χ4n) is 2.05. The van der Waals surface area contributed by atoms with Gasteiger partial charge >= 0.3 is 6.09 Å². The number of carbonyl (C=O) groups excluding carboxylic acids is 1. The number of aromatic nitrogens is 1. The monoisotopic (exact) mass is 299 g/mol. The second kappa shape index (κ2) is 5.77. The molecule has 5 heteroatoms. The highest BCUT2D eigenvalue weighted by Crippen LogP contribution is 2.21. The number of aromatic amines is 1. The summed E-state index contributed by atoms with van der Waals surface area (Å²) in [6.45, 7) is -6.80. The number of H-pyrrole nitrogens is 1. The molecule has 1 aliphatic rings. The molecule has 5 nitrogen and oxygen atoms in total. The highest BCUT2D eigenvalue weighted by Gasteiger charge is 2.22. The van der Waals surface area contributed by atoms with Gasteiger partial charge in [-0.3, -0.25) is 0 Å². The van der Waals surface area contributed by atoms with E-state index in [2.05, 4.69) is 10.3 Å². The Balaban J connectivity index is 2.13. The molecule has 1 aromatic heterocycles. The second-order valence-electron chi connectivity index (χ2n) is 4.57. The van der Waals surface area contributed by atoms with Crippen LogP contribution in [0.15, 0.2) is 24.3 Å². The Bertz CT molecular complexity index is 1080. The summed E-state index contributed by atoms with van der Waals surface area (Å²) >= 11 is 0. The molecular weight excluding hydrogens is 266 g/mol. The molecule has 0 unspecified atom stereocenters. The molecular formula is C16H21N3O2. The smallest absolute Gasteiger partial charge is 0.407 e. The maximum absolute atomic E-state index is 11.4. The van der Waals surface area contributed by atoms with Crippen molar-refractivity contribution in [2.45, 2.75) is 18.8 Å². The van der Waals surface area contributed by atoms with Crippen LogP contribution in [0.2, 0.25) is 0 Å². The number of amides is 1. The van der Waals surface area contributed by atoms with Crippen LogP contribution < -0.4 is 5.32 Å². The third-order valence-electron chi connectivity index (χ3n) is 3.03. The second-order valence-corrected chi connectivity index (χ2v) is 4.57. The quantitative estimate of drug-likeness (QED) is 0.887. The Hall–Kier alpha value is -2.01. The standard InChI is InChI=1S/C16H21N3O2/c1-19(2)6-5-12-9-17-15-4-3-11(8-14(12)15)7-13-10-21-16(20)18-13/h3-4,8-9,13,17H,5-7,10H2,1-2H3,(H,18,20)/t13-/m0/s1/i1D3,2D3,3D,4D,7D2,8D,9D. The lowest BCUT2D eigenvalue weighted by atomic mass is 10.0. The van der Waals surface area contributed by atoms with Crippen molar-refractivity contribution in [2.24, 2.45) is 0 Å². The van der Waals surface area contributed by atoms with Crippen LogP contribution in [0.1, 0.15) is 27.6 Å². The predicted molar refractivity (Wildman–Crippen MR) is 82.5 cm³/mol. The van der Waals surface area contributed by atoms with Crippen molar-refractivity contribution < 1.29 is 26.0 Å². The van der Waals surface area contributed by atoms with Gasteiger partial charge in [0.1, 0.15) is 6.61 Å². The summed E-state index contributed by atoms with van der Waals surface area (Å²) in [7, 11) is 0. The van der Waals surface area contributed by atoms with Crippen molar-refractivity contribution >= 4 is 17.0 Å². The van der Waals surface area contributed by atoms with E-state index in [0.29, 0.717) is 4.90 Å². The van der Waals surface area contributed by atoms with Gasteiger partial charge in [0.2, 0.25) is 0 Å². The first-order chi connectivity index (χ1) is 15.0. The van der Waals surface area contributed by atoms with Crippen LogP contribution in [-0.2, 0) is 17.5 Å². The lowest BCUT2D eigenvalue weighted by Crippen LogP contribution is -2.28. The normalized spacial score (nSPS) is 28.4. The molecule has 2 N–H and O–H groups in total. The number of fused-ring (bicyclic) bond motifs is 1. The van der Waals surface area contributed by atoms with Crippen LogP contribution >= 0.6 is 0 Å². The molecule has 1 atom stereocenters. The Kier molecular flexibility index (Phi) is 1.55. The SMILES string of the molecule is [2H]c1[nH]c2c([2H])c([2H])c(C([2H])([2H])[C@H]3COC(=O)N3)c([2H])c2c1CCN(C([2H])([2H])[2H])C([2H])([2H])[2H]. The average Bonchev–Trinajstić information content (AvgIpc) is 3.22. The van der Waals surface area contributed by atoms with Crippen molar-refractivity contribution in [1.29, 1.82) is 0 Å². The van der Waals surface area contributed by atoms with Crippen LogP contribution in [0.4, 0.5) is 4.79 Å². The van der Waals surface area contributed by atoms with Gasteiger partial charge in [0.05, 0.1) is 11.5 Å². The molecule has 1 saturated heterocycles. The van der Waals surface area contributed by atoms with Crippen molar-refractivity contribution in [1.82, 2.24) is 15.2 Å². The van der Waals surface area contributed by atoms with E-state index in [-0.39, 0.29) is 35.7 Å². The summed E-state index contributed by atoms with van der Waals surface area (Å²) in [5.41, 5.74) is -0.573. The largest absolute Gasteiger partial charge is 0.447 e. The number of benzene rings is 1. The maximum atomic E-state index is 11.4. The predicted octanol–water partition coefficient (Wildman–Crippen LogP) is 1.92. The van der Waals surface area contributed by atoms with Crippen molar-refractivity contribution in [2.75, 3.05) is 27.1 Å². The molecule has 0 spiro atoms. The van der Waals surface area contributed by atoms with Gasteiger partial charge in [-0.15, -0.1) is 0 Å². The molecule has 1 aromatic carbocycles. The average molecular weight is 299 g/mol. The molecule has 0 bridgehead atoms. The number of carbonyl (C=O) groups is 1. The minimum atomic E-state index is -2.96. The number of rotatable bonds is 5. The van der Waals surface area contributed by atoms with Gasteiger partial charge in [0, 0.05) is 34.6 Å². The van der Waals surface area contributed by atoms with E-state index in [9.17, 15) is 4.79 Å². The third-order valence-corrected chi connectivity index (χ3v) is 3.03. The minimum Gasteiger partial charge on any atom is -0.447 e. The zero-order valence-electron chi connectivity index (χ0n) is 23.0. The van der Waals surface area contributed by atoms with Crippen molar-refractivity contribution in [3.8, 4) is 0 Å². The lowest BCUT2D eigenvalue weighted by Gasteiger charge is -2.09. The molecule has 1 fully saturated rings. The van der Waals surface area contributed by atoms with Gasteiger partial charge in [-0.25, -0.2) is 4.79 Å². The van der Waals surface area contributed by atoms with Crippen molar-refractivity contribution in [3.05, 3.63) is 35.4 Å². The summed E-state index contributed by atoms with van der Waals surface area (Å²) in [5.74, 6) is 0. The summed E-state index contributed by atoms with van der Waals surface area (Å²) in [6, 6.07) is -2.85. The van der Waals surface area contributed by atoms with Crippen LogP contribution in [0.3, 0.4) is 0 Å². The number of nitrogens with one attached hydrogen (secondary N) is 2. The zero-order valence-corrected chi connectivity index (χ0v) is 11.0. The lowest BCUT2D eigenvalue weighted by molar-refractivity contribution is 0.177. The van der Waals surface area contributed by atoms with Crippen LogP contribution in [0.25, 0.3) is 10.9 Å². The molecule has 1 amide bonds. The molecule has 2 heterocycles. The van der Waals surface area contributed by atoms with Gasteiger partial charge < -0.3 is 19.9 Å². The molecule has 21 heavy (non-hydrogen) atoms. The van der Waals surface area contributed by atoms with Crippen LogP contribution in [-0.4, -0.2) is 49.1 Å². The fraction of sp³-hybridized carbons (Fsp3) is 0.438. The highest BCUT2D eigenvalue weighted by atomic mass is 16.6. The van der Waals surface area contributed by atoms with Crippen LogP contribution in [0, 0.1) is 0 Å². The number of cyclic esters (lactones) is 1. The summed E-state index contributed by atoms with van der Waals surface area (Å²) in [4.78, 5) is 14.2. The number of ether oxygens (including phenoxy) is 1. The first-order valence-corrected chi connectivity index (χ1v) is 6.30. The van der Waals surface area contributed by atoms with Gasteiger partial charge in [-0.2, -0.15) is 0 Å². The van der Waals surface area contributed by atoms with Gasteiger partial charge in [-0.05, 0) is 50.0 Å². The summed E-state index contributed by atoms with van der Waals surface area (Å²) in [6.07, 6.45) is -3.95. The van der Waals surface area contributed by atoms with E-state index in [1.807, 2.05) is 0 Å². The molecule has 0 radical (unpaired) electrons. The minimum absolute atomic E-state index is 0.0192. The van der Waals surface area contributed by atoms with E-state index < -0.39 is 62.7 Å². The number of likely N-dealkylation sites (N-methyl/N-ethyl adjacent to an activating group) is 1.